The fourth-order valence-corrected chi connectivity index (χ4v) is 5.86. The topological polar surface area (TPSA) is 91.2 Å². The minimum absolute atomic E-state index is 0.247. The third-order valence-electron chi connectivity index (χ3n) is 7.79. The number of aryl methyl sites for hydroxylation is 1. The average Bonchev–Trinajstić information content (AvgIpc) is 3.65. The van der Waals surface area contributed by atoms with Crippen molar-refractivity contribution in [2.24, 2.45) is 13.0 Å². The molecule has 3 heterocycles. The average molecular weight is 541 g/mol. The number of nitrogens with zero attached hydrogens (tertiary/aromatic N) is 6. The highest BCUT2D eigenvalue weighted by molar-refractivity contribution is 5.63. The van der Waals surface area contributed by atoms with Gasteiger partial charge in [0.1, 0.15) is 0 Å². The van der Waals surface area contributed by atoms with Crippen molar-refractivity contribution in [1.29, 1.82) is 0 Å². The molecule has 4 aromatic rings. The molecule has 0 radical (unpaired) electrons. The molecule has 2 aromatic carbocycles. The second kappa shape index (κ2) is 12.4. The van der Waals surface area contributed by atoms with Crippen molar-refractivity contribution in [2.45, 2.75) is 25.7 Å². The van der Waals surface area contributed by atoms with Crippen LogP contribution in [0, 0.1) is 23.0 Å². The van der Waals surface area contributed by atoms with E-state index >= 15 is 0 Å². The lowest BCUT2D eigenvalue weighted by Crippen LogP contribution is -2.25. The Morgan fingerprint density at radius 1 is 1.12 bits per heavy atom. The number of hydrogen-bond acceptors (Lipinski definition) is 6. The van der Waals surface area contributed by atoms with Gasteiger partial charge in [-0.15, -0.1) is 0 Å². The number of ether oxygens (including phenoxy) is 1. The molecule has 1 aliphatic heterocycles. The molecule has 1 aliphatic rings. The van der Waals surface area contributed by atoms with Crippen molar-refractivity contribution < 1.29 is 9.66 Å². The highest BCUT2D eigenvalue weighted by Crippen LogP contribution is 2.38. The summed E-state index contributed by atoms with van der Waals surface area (Å²) in [5.41, 5.74) is 6.69. The molecule has 1 saturated heterocycles. The molecule has 5 rings (SSSR count). The van der Waals surface area contributed by atoms with Crippen molar-refractivity contribution in [3.8, 4) is 16.9 Å². The van der Waals surface area contributed by atoms with E-state index in [2.05, 4.69) is 34.3 Å². The van der Waals surface area contributed by atoms with E-state index in [0.717, 1.165) is 53.4 Å². The van der Waals surface area contributed by atoms with E-state index in [1.807, 2.05) is 61.2 Å². The first-order valence-corrected chi connectivity index (χ1v) is 13.6. The molecular formula is C31H36N6O3. The first kappa shape index (κ1) is 27.5. The van der Waals surface area contributed by atoms with Crippen molar-refractivity contribution in [1.82, 2.24) is 24.5 Å². The second-order valence-electron chi connectivity index (χ2n) is 10.6. The zero-order valence-electron chi connectivity index (χ0n) is 23.3. The number of benzene rings is 2. The summed E-state index contributed by atoms with van der Waals surface area (Å²) < 4.78 is 9.03. The monoisotopic (exact) mass is 540 g/mol. The number of rotatable bonds is 11. The summed E-state index contributed by atoms with van der Waals surface area (Å²) in [7, 11) is 3.60. The molecule has 1 fully saturated rings. The molecule has 208 valence electrons. The van der Waals surface area contributed by atoms with Crippen molar-refractivity contribution in [3.05, 3.63) is 112 Å². The Bertz CT molecular complexity index is 1460. The van der Waals surface area contributed by atoms with Gasteiger partial charge in [-0.05, 0) is 42.5 Å². The van der Waals surface area contributed by atoms with E-state index < -0.39 is 0 Å². The maximum absolute atomic E-state index is 11.9. The normalized spacial score (nSPS) is 17.9. The summed E-state index contributed by atoms with van der Waals surface area (Å²) in [4.78, 5) is 14.0. The predicted octanol–water partition coefficient (Wildman–Crippen LogP) is 5.04. The van der Waals surface area contributed by atoms with Gasteiger partial charge in [0, 0.05) is 63.5 Å². The molecule has 0 bridgehead atoms. The fraction of sp³-hybridized carbons (Fsp3) is 0.355. The van der Waals surface area contributed by atoms with E-state index in [9.17, 15) is 10.1 Å². The molecule has 0 saturated carbocycles. The molecule has 0 spiro atoms. The third kappa shape index (κ3) is 6.21. The van der Waals surface area contributed by atoms with Gasteiger partial charge in [0.05, 0.1) is 34.8 Å². The number of allylic oxidation sites excluding steroid dienone is 1. The lowest BCUT2D eigenvalue weighted by Gasteiger charge is -2.20. The summed E-state index contributed by atoms with van der Waals surface area (Å²) in [6, 6.07) is 20.5. The van der Waals surface area contributed by atoms with E-state index in [-0.39, 0.29) is 10.8 Å². The van der Waals surface area contributed by atoms with Crippen LogP contribution in [-0.4, -0.2) is 62.7 Å². The van der Waals surface area contributed by atoms with E-state index in [1.54, 1.807) is 18.0 Å². The van der Waals surface area contributed by atoms with Gasteiger partial charge in [-0.1, -0.05) is 48.5 Å². The van der Waals surface area contributed by atoms with Gasteiger partial charge in [-0.3, -0.25) is 14.8 Å². The second-order valence-corrected chi connectivity index (χ2v) is 10.6. The van der Waals surface area contributed by atoms with Gasteiger partial charge in [-0.2, -0.15) is 10.2 Å². The third-order valence-corrected chi connectivity index (χ3v) is 7.79. The Morgan fingerprint density at radius 2 is 1.85 bits per heavy atom. The molecule has 9 nitrogen and oxygen atoms in total. The van der Waals surface area contributed by atoms with Crippen LogP contribution in [0.25, 0.3) is 16.9 Å². The van der Waals surface area contributed by atoms with E-state index in [4.69, 9.17) is 9.84 Å². The van der Waals surface area contributed by atoms with Crippen LogP contribution < -0.4 is 0 Å². The van der Waals surface area contributed by atoms with Crippen LogP contribution >= 0.6 is 0 Å². The van der Waals surface area contributed by atoms with Gasteiger partial charge in [0.2, 0.25) is 6.20 Å². The lowest BCUT2D eigenvalue weighted by molar-refractivity contribution is -0.403. The van der Waals surface area contributed by atoms with Crippen LogP contribution in [0.2, 0.25) is 0 Å². The number of methoxy groups -OCH3 is 1. The van der Waals surface area contributed by atoms with E-state index in [0.29, 0.717) is 25.4 Å². The van der Waals surface area contributed by atoms with Gasteiger partial charge >= 0.3 is 0 Å². The number of likely N-dealkylation sites (tertiary alicyclic amines) is 1. The zero-order valence-corrected chi connectivity index (χ0v) is 23.3. The molecular weight excluding hydrogens is 504 g/mol. The first-order chi connectivity index (χ1) is 19.4. The predicted molar refractivity (Wildman–Crippen MR) is 155 cm³/mol. The quantitative estimate of drug-likeness (QED) is 0.196. The molecule has 2 aromatic heterocycles. The maximum atomic E-state index is 11.9. The number of para-hydroxylation sites is 1. The first-order valence-electron chi connectivity index (χ1n) is 13.6. The maximum Gasteiger partial charge on any atom is 0.234 e. The van der Waals surface area contributed by atoms with Crippen LogP contribution in [0.4, 0.5) is 0 Å². The van der Waals surface area contributed by atoms with Gasteiger partial charge < -0.3 is 9.64 Å². The Morgan fingerprint density at radius 3 is 2.50 bits per heavy atom. The summed E-state index contributed by atoms with van der Waals surface area (Å²) in [5.74, 6) is 0.538. The summed E-state index contributed by atoms with van der Waals surface area (Å²) in [5, 5.41) is 21.2. The van der Waals surface area contributed by atoms with Crippen LogP contribution in [0.5, 0.6) is 0 Å². The summed E-state index contributed by atoms with van der Waals surface area (Å²) in [6.45, 7) is 5.34. The Hall–Kier alpha value is -4.08. The Balaban J connectivity index is 1.50. The van der Waals surface area contributed by atoms with Crippen molar-refractivity contribution in [2.75, 3.05) is 33.4 Å². The number of nitro groups is 1. The number of aromatic nitrogens is 4. The minimum atomic E-state index is -0.314. The highest BCUT2D eigenvalue weighted by Gasteiger charge is 2.35. The highest BCUT2D eigenvalue weighted by atomic mass is 16.6. The SMILES string of the molecule is COCCN1C[C@@H](CC(=C[N+](=O)[O-])Cc2c(C)c(-c3cnn(C)c3)nn2-c2ccccc2)[C@H](c2ccccc2)C1. The summed E-state index contributed by atoms with van der Waals surface area (Å²) >= 11 is 0. The zero-order chi connectivity index (χ0) is 28.1. The van der Waals surface area contributed by atoms with Gasteiger partial charge in [0.25, 0.3) is 0 Å². The fourth-order valence-electron chi connectivity index (χ4n) is 5.86. The van der Waals surface area contributed by atoms with E-state index in [1.165, 1.54) is 11.8 Å². The van der Waals surface area contributed by atoms with Crippen molar-refractivity contribution in [3.63, 3.8) is 0 Å². The molecule has 0 unspecified atom stereocenters. The van der Waals surface area contributed by atoms with Crippen molar-refractivity contribution >= 4 is 0 Å². The summed E-state index contributed by atoms with van der Waals surface area (Å²) in [6.07, 6.45) is 6.03. The largest absolute Gasteiger partial charge is 0.383 e. The lowest BCUT2D eigenvalue weighted by atomic mass is 9.84. The Labute approximate surface area is 234 Å². The molecule has 40 heavy (non-hydrogen) atoms. The van der Waals surface area contributed by atoms with Crippen LogP contribution in [0.1, 0.15) is 29.2 Å². The Kier molecular flexibility index (Phi) is 8.52. The van der Waals surface area contributed by atoms with Crippen LogP contribution in [-0.2, 0) is 18.2 Å². The van der Waals surface area contributed by atoms with Crippen LogP contribution in [0.15, 0.2) is 84.8 Å². The van der Waals surface area contributed by atoms with Gasteiger partial charge in [0.15, 0.2) is 0 Å². The molecule has 9 heteroatoms. The molecule has 0 aliphatic carbocycles. The molecule has 0 amide bonds. The standard InChI is InChI=1S/C31H36N6O3/c1-23-30(37(28-12-8-5-9-13-28)33-31(23)27-18-32-34(2)20-27)17-24(19-36(38)39)16-26-21-35(14-15-40-3)22-29(26)25-10-6-4-7-11-25/h4-13,18-20,26,29H,14-17,21-22H2,1-3H3/t26-,29+/m1/s1. The van der Waals surface area contributed by atoms with Gasteiger partial charge in [-0.25, -0.2) is 4.68 Å². The van der Waals surface area contributed by atoms with Crippen LogP contribution in [0.3, 0.4) is 0 Å². The molecule has 0 N–H and O–H groups in total. The smallest absolute Gasteiger partial charge is 0.234 e. The molecule has 2 atom stereocenters. The number of hydrogen-bond donors (Lipinski definition) is 0. The minimum Gasteiger partial charge on any atom is -0.383 e.